The first-order valence-corrected chi connectivity index (χ1v) is 3.31. The number of aliphatic hydroxyl groups is 1. The van der Waals surface area contributed by atoms with Crippen LogP contribution >= 0.6 is 0 Å². The first-order chi connectivity index (χ1) is 3.95. The van der Waals surface area contributed by atoms with Crippen LogP contribution in [0.4, 0.5) is 0 Å². The molecule has 9 heavy (non-hydrogen) atoms. The van der Waals surface area contributed by atoms with Gasteiger partial charge in [-0.3, -0.25) is 0 Å². The van der Waals surface area contributed by atoms with E-state index in [9.17, 15) is 0 Å². The van der Waals surface area contributed by atoms with Gasteiger partial charge in [0.15, 0.2) is 0 Å². The number of likely N-dealkylation sites (N-methyl/N-ethyl adjacent to an activating group) is 1. The highest BCUT2D eigenvalue weighted by Crippen LogP contribution is 1.98. The number of hydrogen-bond donors (Lipinski definition) is 1. The standard InChI is InChI=1S/C7H17NO/c1-5-7(9)6-8(2,3)4/h7,9H,2,5-6H2,1,3-4H3. The van der Waals surface area contributed by atoms with E-state index in [0.717, 1.165) is 13.0 Å². The fourth-order valence-electron chi connectivity index (χ4n) is 0.700. The fourth-order valence-corrected chi connectivity index (χ4v) is 0.700. The maximum atomic E-state index is 9.14. The molecule has 0 saturated carbocycles. The molecule has 0 aromatic rings. The number of aliphatic hydroxyl groups excluding tert-OH is 1. The molecule has 0 aliphatic rings. The predicted molar refractivity (Wildman–Crippen MR) is 38.6 cm³/mol. The highest BCUT2D eigenvalue weighted by molar-refractivity contribution is 4.48. The van der Waals surface area contributed by atoms with Crippen LogP contribution in [0.5, 0.6) is 0 Å². The molecule has 2 nitrogen and oxygen atoms in total. The van der Waals surface area contributed by atoms with Crippen LogP contribution in [0.3, 0.4) is 0 Å². The Kier molecular flexibility index (Phi) is 3.15. The first kappa shape index (κ1) is 8.92. The highest BCUT2D eigenvalue weighted by atomic mass is 16.3. The highest BCUT2D eigenvalue weighted by Gasteiger charge is 2.07. The molecule has 0 rings (SSSR count). The Morgan fingerprint density at radius 1 is 1.56 bits per heavy atom. The van der Waals surface area contributed by atoms with Crippen LogP contribution in [-0.4, -0.2) is 36.3 Å². The molecule has 1 N–H and O–H groups in total. The molecule has 0 aromatic heterocycles. The summed E-state index contributed by atoms with van der Waals surface area (Å²) in [5.41, 5.74) is 0. The van der Waals surface area contributed by atoms with Crippen molar-refractivity contribution in [2.75, 3.05) is 20.6 Å². The molecule has 56 valence electrons. The molecule has 0 saturated heterocycles. The Labute approximate surface area is 57.7 Å². The topological polar surface area (TPSA) is 20.2 Å². The van der Waals surface area contributed by atoms with Gasteiger partial charge >= 0.3 is 0 Å². The minimum absolute atomic E-state index is 0.197. The van der Waals surface area contributed by atoms with Crippen molar-refractivity contribution in [1.82, 2.24) is 0 Å². The van der Waals surface area contributed by atoms with E-state index in [1.165, 1.54) is 0 Å². The number of quaternary nitrogens is 1. The van der Waals surface area contributed by atoms with Crippen LogP contribution in [0.2, 0.25) is 0 Å². The van der Waals surface area contributed by atoms with Gasteiger partial charge in [-0.05, 0) is 6.42 Å². The van der Waals surface area contributed by atoms with E-state index in [1.807, 2.05) is 21.0 Å². The Morgan fingerprint density at radius 3 is 2.11 bits per heavy atom. The summed E-state index contributed by atoms with van der Waals surface area (Å²) in [7, 11) is 7.78. The predicted octanol–water partition coefficient (Wildman–Crippen LogP) is 0.625. The van der Waals surface area contributed by atoms with Crippen LogP contribution in [-0.2, 0) is 0 Å². The monoisotopic (exact) mass is 131 g/mol. The second-order valence-corrected chi connectivity index (χ2v) is 3.18. The molecule has 0 bridgehead atoms. The second kappa shape index (κ2) is 3.18. The van der Waals surface area contributed by atoms with Gasteiger partial charge in [-0.15, -0.1) is 7.05 Å². The van der Waals surface area contributed by atoms with Gasteiger partial charge in [0.2, 0.25) is 0 Å². The van der Waals surface area contributed by atoms with E-state index in [1.54, 1.807) is 0 Å². The Hall–Kier alpha value is -0.0800. The van der Waals surface area contributed by atoms with E-state index in [2.05, 4.69) is 7.05 Å². The molecule has 0 heterocycles. The number of hydrogen-bond acceptors (Lipinski definition) is 1. The first-order valence-electron chi connectivity index (χ1n) is 3.31. The summed E-state index contributed by atoms with van der Waals surface area (Å²) in [5.74, 6) is 0. The van der Waals surface area contributed by atoms with Crippen molar-refractivity contribution in [3.8, 4) is 0 Å². The normalized spacial score (nSPS) is 15.7. The van der Waals surface area contributed by atoms with E-state index in [0.29, 0.717) is 4.48 Å². The molecule has 0 radical (unpaired) electrons. The summed E-state index contributed by atoms with van der Waals surface area (Å²) in [4.78, 5) is 0. The van der Waals surface area contributed by atoms with Gasteiger partial charge in [-0.1, -0.05) is 6.92 Å². The minimum atomic E-state index is -0.197. The SMILES string of the molecule is [CH2-][N+](C)(C)CC(O)CC. The molecular formula is C7H17NO. The van der Waals surface area contributed by atoms with Crippen LogP contribution < -0.4 is 0 Å². The van der Waals surface area contributed by atoms with Crippen LogP contribution in [0.25, 0.3) is 0 Å². The summed E-state index contributed by atoms with van der Waals surface area (Å²) >= 11 is 0. The third-order valence-electron chi connectivity index (χ3n) is 1.18. The van der Waals surface area contributed by atoms with Crippen molar-refractivity contribution < 1.29 is 9.59 Å². The zero-order valence-electron chi connectivity index (χ0n) is 6.59. The smallest absolute Gasteiger partial charge is 0.100 e. The quantitative estimate of drug-likeness (QED) is 0.440. The lowest BCUT2D eigenvalue weighted by Crippen LogP contribution is -2.39. The van der Waals surface area contributed by atoms with E-state index < -0.39 is 0 Å². The molecule has 1 atom stereocenters. The van der Waals surface area contributed by atoms with Crippen molar-refractivity contribution >= 4 is 0 Å². The average Bonchev–Trinajstić information content (AvgIpc) is 1.62. The molecule has 0 aromatic carbocycles. The lowest BCUT2D eigenvalue weighted by Gasteiger charge is -2.34. The summed E-state index contributed by atoms with van der Waals surface area (Å²) in [6, 6.07) is 0. The summed E-state index contributed by atoms with van der Waals surface area (Å²) in [5, 5.41) is 9.14. The largest absolute Gasteiger partial charge is 0.460 e. The van der Waals surface area contributed by atoms with Gasteiger partial charge in [0, 0.05) is 14.1 Å². The fraction of sp³-hybridized carbons (Fsp3) is 0.857. The molecule has 0 spiro atoms. The zero-order chi connectivity index (χ0) is 7.49. The van der Waals surface area contributed by atoms with Crippen molar-refractivity contribution in [2.45, 2.75) is 19.4 Å². The third kappa shape index (κ3) is 5.80. The Morgan fingerprint density at radius 2 is 2.00 bits per heavy atom. The number of rotatable bonds is 3. The molecule has 0 amide bonds. The Bertz CT molecular complexity index is 75.5. The Balaban J connectivity index is 3.47. The third-order valence-corrected chi connectivity index (χ3v) is 1.18. The van der Waals surface area contributed by atoms with Crippen molar-refractivity contribution in [3.05, 3.63) is 7.05 Å². The molecule has 2 heteroatoms. The van der Waals surface area contributed by atoms with Gasteiger partial charge in [0.1, 0.15) is 6.10 Å². The van der Waals surface area contributed by atoms with Gasteiger partial charge < -0.3 is 9.59 Å². The number of nitrogens with zero attached hydrogens (tertiary/aromatic N) is 1. The second-order valence-electron chi connectivity index (χ2n) is 3.18. The lowest BCUT2D eigenvalue weighted by atomic mass is 10.2. The zero-order valence-corrected chi connectivity index (χ0v) is 6.59. The molecule has 0 aliphatic heterocycles. The van der Waals surface area contributed by atoms with Gasteiger partial charge in [0.05, 0.1) is 6.54 Å². The van der Waals surface area contributed by atoms with Crippen LogP contribution in [0, 0.1) is 7.05 Å². The van der Waals surface area contributed by atoms with E-state index in [4.69, 9.17) is 5.11 Å². The molecule has 0 fully saturated rings. The van der Waals surface area contributed by atoms with Gasteiger partial charge in [0.25, 0.3) is 0 Å². The molecular weight excluding hydrogens is 114 g/mol. The maximum Gasteiger partial charge on any atom is 0.100 e. The average molecular weight is 131 g/mol. The van der Waals surface area contributed by atoms with E-state index >= 15 is 0 Å². The summed E-state index contributed by atoms with van der Waals surface area (Å²) in [6.45, 7) is 2.71. The molecule has 1 unspecified atom stereocenters. The van der Waals surface area contributed by atoms with Crippen molar-refractivity contribution in [2.24, 2.45) is 0 Å². The molecule has 0 aliphatic carbocycles. The van der Waals surface area contributed by atoms with E-state index in [-0.39, 0.29) is 6.10 Å². The lowest BCUT2D eigenvalue weighted by molar-refractivity contribution is -0.848. The van der Waals surface area contributed by atoms with Crippen LogP contribution in [0.15, 0.2) is 0 Å². The van der Waals surface area contributed by atoms with Crippen molar-refractivity contribution in [1.29, 1.82) is 0 Å². The van der Waals surface area contributed by atoms with Gasteiger partial charge in [-0.25, -0.2) is 0 Å². The maximum absolute atomic E-state index is 9.14. The summed E-state index contributed by atoms with van der Waals surface area (Å²) < 4.78 is 0.592. The van der Waals surface area contributed by atoms with Gasteiger partial charge in [-0.2, -0.15) is 0 Å². The van der Waals surface area contributed by atoms with Crippen LogP contribution in [0.1, 0.15) is 13.3 Å². The summed E-state index contributed by atoms with van der Waals surface area (Å²) in [6.07, 6.45) is 0.620. The van der Waals surface area contributed by atoms with Crippen molar-refractivity contribution in [3.63, 3.8) is 0 Å². The minimum Gasteiger partial charge on any atom is -0.460 e.